The smallest absolute Gasteiger partial charge is 0.478 e. The molecule has 1 unspecified atom stereocenters. The lowest BCUT2D eigenvalue weighted by molar-refractivity contribution is -0.291. The Kier molecular flexibility index (Phi) is 3.71. The zero-order valence-electron chi connectivity index (χ0n) is 10.3. The fourth-order valence-electron chi connectivity index (χ4n) is 1.87. The molecule has 0 saturated heterocycles. The Morgan fingerprint density at radius 2 is 1.73 bits per heavy atom. The molecule has 1 aliphatic heterocycles. The molecule has 0 radical (unpaired) electrons. The van der Waals surface area contributed by atoms with Gasteiger partial charge in [0.15, 0.2) is 5.76 Å². The molecule has 0 aliphatic carbocycles. The molecule has 0 saturated carbocycles. The molecule has 0 fully saturated rings. The molecular weight excluding hydrogens is 322 g/mol. The lowest BCUT2D eigenvalue weighted by Crippen LogP contribution is -2.42. The van der Waals surface area contributed by atoms with Crippen LogP contribution in [0.15, 0.2) is 29.8 Å². The Bertz CT molecular complexity index is 631. The van der Waals surface area contributed by atoms with Crippen molar-refractivity contribution in [2.24, 2.45) is 0 Å². The number of hydrogen-bond acceptors (Lipinski definition) is 3. The molecule has 10 heteroatoms. The molecule has 0 amide bonds. The summed E-state index contributed by atoms with van der Waals surface area (Å²) in [7, 11) is 0. The highest BCUT2D eigenvalue weighted by Gasteiger charge is 2.52. The molecular formula is C12H6F6O4. The third-order valence-electron chi connectivity index (χ3n) is 2.63. The van der Waals surface area contributed by atoms with Crippen molar-refractivity contribution in [3.05, 3.63) is 35.4 Å². The second-order valence-electron chi connectivity index (χ2n) is 4.13. The summed E-state index contributed by atoms with van der Waals surface area (Å²) in [5, 5.41) is 8.88. The van der Waals surface area contributed by atoms with Crippen LogP contribution in [0.3, 0.4) is 0 Å². The van der Waals surface area contributed by atoms with Crippen LogP contribution in [0.5, 0.6) is 5.75 Å². The quantitative estimate of drug-likeness (QED) is 0.846. The first-order valence-corrected chi connectivity index (χ1v) is 5.56. The third kappa shape index (κ3) is 3.10. The molecule has 0 bridgehead atoms. The van der Waals surface area contributed by atoms with Gasteiger partial charge in [-0.25, -0.2) is 4.79 Å². The molecule has 1 atom stereocenters. The van der Waals surface area contributed by atoms with Gasteiger partial charge in [-0.15, -0.1) is 13.2 Å². The number of carbonyl (C=O) groups is 1. The summed E-state index contributed by atoms with van der Waals surface area (Å²) in [6.45, 7) is 0. The molecule has 1 N–H and O–H groups in total. The SMILES string of the molecule is O=C(O)C1=C(OC(F)(F)F)c2ccccc2OC1C(F)(F)F. The Labute approximate surface area is 118 Å². The van der Waals surface area contributed by atoms with Crippen molar-refractivity contribution in [2.45, 2.75) is 18.6 Å². The number of ether oxygens (including phenoxy) is 2. The van der Waals surface area contributed by atoms with Gasteiger partial charge in [0.2, 0.25) is 6.10 Å². The number of carboxylic acid groups (broad SMARTS) is 1. The van der Waals surface area contributed by atoms with E-state index >= 15 is 0 Å². The van der Waals surface area contributed by atoms with Gasteiger partial charge in [0, 0.05) is 0 Å². The van der Waals surface area contributed by atoms with E-state index < -0.39 is 47.3 Å². The van der Waals surface area contributed by atoms with E-state index in [0.717, 1.165) is 12.1 Å². The number of fused-ring (bicyclic) bond motifs is 1. The summed E-state index contributed by atoms with van der Waals surface area (Å²) in [5.41, 5.74) is -2.19. The minimum Gasteiger partial charge on any atom is -0.478 e. The van der Waals surface area contributed by atoms with Crippen LogP contribution in [0, 0.1) is 0 Å². The van der Waals surface area contributed by atoms with Gasteiger partial charge in [0.1, 0.15) is 11.3 Å². The number of aliphatic carboxylic acids is 1. The van der Waals surface area contributed by atoms with Crippen LogP contribution in [0.25, 0.3) is 5.76 Å². The normalized spacial score (nSPS) is 18.5. The molecule has 4 nitrogen and oxygen atoms in total. The molecule has 1 heterocycles. The standard InChI is InChI=1S/C12H6F6O4/c13-11(14,15)9-7(10(19)20)8(22-12(16,17)18)5-3-1-2-4-6(5)21-9/h1-4,9H,(H,19,20). The maximum absolute atomic E-state index is 12.9. The van der Waals surface area contributed by atoms with Gasteiger partial charge in [-0.3, -0.25) is 0 Å². The van der Waals surface area contributed by atoms with E-state index in [1.807, 2.05) is 0 Å². The number of hydrogen-bond donors (Lipinski definition) is 1. The molecule has 0 aromatic heterocycles. The van der Waals surface area contributed by atoms with Gasteiger partial charge in [0.05, 0.1) is 5.56 Å². The highest BCUT2D eigenvalue weighted by molar-refractivity contribution is 5.97. The van der Waals surface area contributed by atoms with Gasteiger partial charge < -0.3 is 14.6 Å². The summed E-state index contributed by atoms with van der Waals surface area (Å²) in [4.78, 5) is 11.0. The van der Waals surface area contributed by atoms with E-state index in [1.54, 1.807) is 0 Å². The lowest BCUT2D eigenvalue weighted by Gasteiger charge is -2.30. The number of carboxylic acids is 1. The highest BCUT2D eigenvalue weighted by atomic mass is 19.4. The summed E-state index contributed by atoms with van der Waals surface area (Å²) in [5.74, 6) is -4.23. The number of benzene rings is 1. The zero-order valence-corrected chi connectivity index (χ0v) is 10.3. The van der Waals surface area contributed by atoms with Crippen LogP contribution < -0.4 is 4.74 Å². The molecule has 1 aliphatic rings. The largest absolute Gasteiger partial charge is 0.573 e. The number of rotatable bonds is 2. The van der Waals surface area contributed by atoms with Crippen LogP contribution in [0.4, 0.5) is 26.3 Å². The van der Waals surface area contributed by atoms with Gasteiger partial charge >= 0.3 is 18.5 Å². The fourth-order valence-corrected chi connectivity index (χ4v) is 1.87. The predicted octanol–water partition coefficient (Wildman–Crippen LogP) is 3.34. The Morgan fingerprint density at radius 3 is 2.23 bits per heavy atom. The van der Waals surface area contributed by atoms with E-state index in [1.165, 1.54) is 12.1 Å². The predicted molar refractivity (Wildman–Crippen MR) is 58.6 cm³/mol. The van der Waals surface area contributed by atoms with E-state index in [2.05, 4.69) is 9.47 Å². The van der Waals surface area contributed by atoms with Crippen LogP contribution in [0.2, 0.25) is 0 Å². The Hall–Kier alpha value is -2.39. The minimum absolute atomic E-state index is 0.530. The van der Waals surface area contributed by atoms with Crippen LogP contribution in [-0.4, -0.2) is 29.7 Å². The van der Waals surface area contributed by atoms with E-state index in [-0.39, 0.29) is 0 Å². The summed E-state index contributed by atoms with van der Waals surface area (Å²) in [6, 6.07) is 4.37. The van der Waals surface area contributed by atoms with E-state index in [4.69, 9.17) is 5.11 Å². The second-order valence-corrected chi connectivity index (χ2v) is 4.13. The molecule has 120 valence electrons. The van der Waals surface area contributed by atoms with Crippen molar-refractivity contribution in [1.82, 2.24) is 0 Å². The van der Waals surface area contributed by atoms with Crippen LogP contribution in [0.1, 0.15) is 5.56 Å². The fraction of sp³-hybridized carbons (Fsp3) is 0.250. The van der Waals surface area contributed by atoms with Crippen molar-refractivity contribution in [3.8, 4) is 5.75 Å². The topological polar surface area (TPSA) is 55.8 Å². The molecule has 1 aromatic rings. The Balaban J connectivity index is 2.71. The number of para-hydroxylation sites is 1. The average molecular weight is 328 g/mol. The molecule has 2 rings (SSSR count). The number of halogens is 6. The van der Waals surface area contributed by atoms with Crippen molar-refractivity contribution >= 4 is 11.7 Å². The van der Waals surface area contributed by atoms with Crippen LogP contribution in [-0.2, 0) is 9.53 Å². The van der Waals surface area contributed by atoms with Crippen molar-refractivity contribution in [2.75, 3.05) is 0 Å². The maximum Gasteiger partial charge on any atom is 0.573 e. The van der Waals surface area contributed by atoms with E-state index in [0.29, 0.717) is 0 Å². The first-order chi connectivity index (χ1) is 10.0. The molecule has 22 heavy (non-hydrogen) atoms. The Morgan fingerprint density at radius 1 is 1.14 bits per heavy atom. The molecule has 0 spiro atoms. The first-order valence-electron chi connectivity index (χ1n) is 5.56. The number of alkyl halides is 6. The summed E-state index contributed by atoms with van der Waals surface area (Å²) >= 11 is 0. The van der Waals surface area contributed by atoms with Crippen molar-refractivity contribution < 1.29 is 45.7 Å². The highest BCUT2D eigenvalue weighted by Crippen LogP contribution is 2.43. The second kappa shape index (κ2) is 5.11. The van der Waals surface area contributed by atoms with Crippen molar-refractivity contribution in [1.29, 1.82) is 0 Å². The van der Waals surface area contributed by atoms with Gasteiger partial charge in [-0.1, -0.05) is 12.1 Å². The first kappa shape index (κ1) is 16.0. The monoisotopic (exact) mass is 328 g/mol. The van der Waals surface area contributed by atoms with Gasteiger partial charge in [-0.2, -0.15) is 13.2 Å². The summed E-state index contributed by atoms with van der Waals surface area (Å²) < 4.78 is 84.0. The molecule has 1 aromatic carbocycles. The maximum atomic E-state index is 12.9. The third-order valence-corrected chi connectivity index (χ3v) is 2.63. The average Bonchev–Trinajstić information content (AvgIpc) is 2.35. The summed E-state index contributed by atoms with van der Waals surface area (Å²) in [6.07, 6.45) is -13.7. The lowest BCUT2D eigenvalue weighted by atomic mass is 9.99. The van der Waals surface area contributed by atoms with Gasteiger partial charge in [0.25, 0.3) is 0 Å². The van der Waals surface area contributed by atoms with E-state index in [9.17, 15) is 31.1 Å². The van der Waals surface area contributed by atoms with Crippen LogP contribution >= 0.6 is 0 Å². The minimum atomic E-state index is -5.36. The van der Waals surface area contributed by atoms with Gasteiger partial charge in [-0.05, 0) is 12.1 Å². The van der Waals surface area contributed by atoms with Crippen molar-refractivity contribution in [3.63, 3.8) is 0 Å². The zero-order chi connectivity index (χ0) is 16.7.